The van der Waals surface area contributed by atoms with Crippen LogP contribution in [0.25, 0.3) is 10.9 Å². The lowest BCUT2D eigenvalue weighted by Crippen LogP contribution is -2.40. The molecule has 0 unspecified atom stereocenters. The molecular weight excluding hydrogens is 290 g/mol. The molecule has 2 aromatic rings. The Morgan fingerprint density at radius 3 is 3.04 bits per heavy atom. The first-order valence-corrected chi connectivity index (χ1v) is 8.32. The molecule has 1 atom stereocenters. The molecule has 1 saturated heterocycles. The van der Waals surface area contributed by atoms with Crippen LogP contribution in [0.5, 0.6) is 5.75 Å². The van der Waals surface area contributed by atoms with Crippen LogP contribution < -0.4 is 10.1 Å². The first kappa shape index (κ1) is 15.9. The van der Waals surface area contributed by atoms with Crippen LogP contribution in [0, 0.1) is 6.92 Å². The lowest BCUT2D eigenvalue weighted by atomic mass is 10.1. The summed E-state index contributed by atoms with van der Waals surface area (Å²) in [6, 6.07) is 6.28. The number of nitrogens with zero attached hydrogens (tertiary/aromatic N) is 1. The average Bonchev–Trinajstić information content (AvgIpc) is 3.16. The summed E-state index contributed by atoms with van der Waals surface area (Å²) in [5, 5.41) is 4.13. The van der Waals surface area contributed by atoms with Crippen molar-refractivity contribution in [2.75, 3.05) is 26.7 Å². The first-order chi connectivity index (χ1) is 11.1. The highest BCUT2D eigenvalue weighted by atomic mass is 16.5. The van der Waals surface area contributed by atoms with Crippen LogP contribution in [0.3, 0.4) is 0 Å². The fourth-order valence-corrected chi connectivity index (χ4v) is 3.50. The number of rotatable bonds is 5. The van der Waals surface area contributed by atoms with Gasteiger partial charge >= 0.3 is 0 Å². The molecule has 23 heavy (non-hydrogen) atoms. The SMILES string of the molecule is CCN1CCC[C@H]1CNC(=O)c1[nH]c2ccc(OC)cc2c1C. The van der Waals surface area contributed by atoms with Crippen molar-refractivity contribution in [2.24, 2.45) is 0 Å². The third kappa shape index (κ3) is 3.06. The molecule has 3 rings (SSSR count). The average molecular weight is 315 g/mol. The van der Waals surface area contributed by atoms with Gasteiger partial charge in [-0.25, -0.2) is 0 Å². The van der Waals surface area contributed by atoms with E-state index in [1.54, 1.807) is 7.11 Å². The van der Waals surface area contributed by atoms with E-state index >= 15 is 0 Å². The Morgan fingerprint density at radius 2 is 2.30 bits per heavy atom. The minimum atomic E-state index is -0.0272. The Bertz CT molecular complexity index is 708. The Balaban J connectivity index is 1.74. The van der Waals surface area contributed by atoms with Gasteiger partial charge in [0.25, 0.3) is 5.91 Å². The topological polar surface area (TPSA) is 57.4 Å². The van der Waals surface area contributed by atoms with Crippen molar-refractivity contribution in [3.8, 4) is 5.75 Å². The maximum atomic E-state index is 12.5. The van der Waals surface area contributed by atoms with Crippen LogP contribution in [-0.2, 0) is 0 Å². The van der Waals surface area contributed by atoms with E-state index in [2.05, 4.69) is 22.1 Å². The van der Waals surface area contributed by atoms with E-state index in [1.165, 1.54) is 6.42 Å². The van der Waals surface area contributed by atoms with Crippen molar-refractivity contribution >= 4 is 16.8 Å². The molecule has 2 N–H and O–H groups in total. The van der Waals surface area contributed by atoms with Gasteiger partial charge in [-0.15, -0.1) is 0 Å². The number of aryl methyl sites for hydroxylation is 1. The third-order valence-electron chi connectivity index (χ3n) is 4.90. The summed E-state index contributed by atoms with van der Waals surface area (Å²) in [7, 11) is 1.65. The van der Waals surface area contributed by atoms with E-state index in [0.717, 1.165) is 41.7 Å². The number of methoxy groups -OCH3 is 1. The molecule has 0 bridgehead atoms. The number of carbonyl (C=O) groups excluding carboxylic acids is 1. The minimum Gasteiger partial charge on any atom is -0.497 e. The zero-order chi connectivity index (χ0) is 16.4. The van der Waals surface area contributed by atoms with Crippen LogP contribution in [0.2, 0.25) is 0 Å². The summed E-state index contributed by atoms with van der Waals surface area (Å²) in [5.41, 5.74) is 2.58. The van der Waals surface area contributed by atoms with Gasteiger partial charge < -0.3 is 15.0 Å². The molecule has 0 spiro atoms. The highest BCUT2D eigenvalue weighted by Crippen LogP contribution is 2.26. The zero-order valence-corrected chi connectivity index (χ0v) is 14.1. The summed E-state index contributed by atoms with van der Waals surface area (Å²) in [4.78, 5) is 18.2. The molecule has 5 nitrogen and oxygen atoms in total. The lowest BCUT2D eigenvalue weighted by molar-refractivity contribution is 0.0936. The molecule has 1 aromatic heterocycles. The highest BCUT2D eigenvalue weighted by Gasteiger charge is 2.24. The van der Waals surface area contributed by atoms with E-state index in [1.807, 2.05) is 25.1 Å². The first-order valence-electron chi connectivity index (χ1n) is 8.32. The Labute approximate surface area is 137 Å². The van der Waals surface area contributed by atoms with E-state index in [4.69, 9.17) is 4.74 Å². The second kappa shape index (κ2) is 6.62. The summed E-state index contributed by atoms with van der Waals surface area (Å²) >= 11 is 0. The van der Waals surface area contributed by atoms with Crippen LogP contribution in [0.1, 0.15) is 35.8 Å². The lowest BCUT2D eigenvalue weighted by Gasteiger charge is -2.22. The van der Waals surface area contributed by atoms with Crippen LogP contribution in [-0.4, -0.2) is 48.6 Å². The zero-order valence-electron chi connectivity index (χ0n) is 14.1. The smallest absolute Gasteiger partial charge is 0.268 e. The van der Waals surface area contributed by atoms with Gasteiger partial charge in [0.1, 0.15) is 11.4 Å². The van der Waals surface area contributed by atoms with E-state index in [-0.39, 0.29) is 5.91 Å². The predicted molar refractivity (Wildman–Crippen MR) is 92.2 cm³/mol. The fourth-order valence-electron chi connectivity index (χ4n) is 3.50. The molecular formula is C18H25N3O2. The molecule has 2 heterocycles. The van der Waals surface area contributed by atoms with Gasteiger partial charge in [-0.1, -0.05) is 6.92 Å². The molecule has 1 aliphatic rings. The quantitative estimate of drug-likeness (QED) is 0.892. The Morgan fingerprint density at radius 1 is 1.48 bits per heavy atom. The van der Waals surface area contributed by atoms with Gasteiger partial charge in [0.2, 0.25) is 0 Å². The van der Waals surface area contributed by atoms with Crippen molar-refractivity contribution in [3.63, 3.8) is 0 Å². The second-order valence-corrected chi connectivity index (χ2v) is 6.17. The fraction of sp³-hybridized carbons (Fsp3) is 0.500. The number of H-pyrrole nitrogens is 1. The molecule has 0 saturated carbocycles. The van der Waals surface area contributed by atoms with Crippen LogP contribution in [0.4, 0.5) is 0 Å². The minimum absolute atomic E-state index is 0.0272. The molecule has 0 radical (unpaired) electrons. The molecule has 124 valence electrons. The maximum Gasteiger partial charge on any atom is 0.268 e. The standard InChI is InChI=1S/C18H25N3O2/c1-4-21-9-5-6-13(21)11-19-18(22)17-12(2)15-10-14(23-3)7-8-16(15)20-17/h7-8,10,13,20H,4-6,9,11H2,1-3H3,(H,19,22)/t13-/m0/s1. The molecule has 0 aliphatic carbocycles. The summed E-state index contributed by atoms with van der Waals surface area (Å²) in [6.45, 7) is 7.05. The number of hydrogen-bond donors (Lipinski definition) is 2. The van der Waals surface area contributed by atoms with Crippen molar-refractivity contribution in [3.05, 3.63) is 29.5 Å². The van der Waals surface area contributed by atoms with Gasteiger partial charge in [0.15, 0.2) is 0 Å². The Hall–Kier alpha value is -2.01. The summed E-state index contributed by atoms with van der Waals surface area (Å²) < 4.78 is 5.27. The van der Waals surface area contributed by atoms with Crippen molar-refractivity contribution in [2.45, 2.75) is 32.7 Å². The normalized spacial score (nSPS) is 18.5. The number of likely N-dealkylation sites (tertiary alicyclic amines) is 1. The molecule has 1 fully saturated rings. The summed E-state index contributed by atoms with van der Waals surface area (Å²) in [6.07, 6.45) is 2.39. The number of aromatic nitrogens is 1. The molecule has 5 heteroatoms. The maximum absolute atomic E-state index is 12.5. The predicted octanol–water partition coefficient (Wildman–Crippen LogP) is 2.70. The van der Waals surface area contributed by atoms with Crippen LogP contribution >= 0.6 is 0 Å². The van der Waals surface area contributed by atoms with Gasteiger partial charge in [-0.3, -0.25) is 9.69 Å². The largest absolute Gasteiger partial charge is 0.497 e. The second-order valence-electron chi connectivity index (χ2n) is 6.17. The number of fused-ring (bicyclic) bond motifs is 1. The molecule has 1 aliphatic heterocycles. The van der Waals surface area contributed by atoms with Crippen molar-refractivity contribution in [1.29, 1.82) is 0 Å². The van der Waals surface area contributed by atoms with Crippen LogP contribution in [0.15, 0.2) is 18.2 Å². The summed E-state index contributed by atoms with van der Waals surface area (Å²) in [5.74, 6) is 0.775. The van der Waals surface area contributed by atoms with E-state index in [9.17, 15) is 4.79 Å². The number of nitrogens with one attached hydrogen (secondary N) is 2. The molecule has 1 aromatic carbocycles. The number of carbonyl (C=O) groups is 1. The van der Waals surface area contributed by atoms with Gasteiger partial charge in [-0.05, 0) is 56.6 Å². The highest BCUT2D eigenvalue weighted by molar-refractivity contribution is 6.01. The van der Waals surface area contributed by atoms with E-state index < -0.39 is 0 Å². The number of hydrogen-bond acceptors (Lipinski definition) is 3. The number of amides is 1. The van der Waals surface area contributed by atoms with Gasteiger partial charge in [0, 0.05) is 23.5 Å². The number of likely N-dealkylation sites (N-methyl/N-ethyl adjacent to an activating group) is 1. The number of aromatic amines is 1. The number of benzene rings is 1. The number of ether oxygens (including phenoxy) is 1. The monoisotopic (exact) mass is 315 g/mol. The van der Waals surface area contributed by atoms with Gasteiger partial charge in [-0.2, -0.15) is 0 Å². The van der Waals surface area contributed by atoms with Crippen molar-refractivity contribution in [1.82, 2.24) is 15.2 Å². The van der Waals surface area contributed by atoms with Crippen molar-refractivity contribution < 1.29 is 9.53 Å². The van der Waals surface area contributed by atoms with E-state index in [0.29, 0.717) is 18.3 Å². The Kier molecular flexibility index (Phi) is 4.57. The van der Waals surface area contributed by atoms with Gasteiger partial charge in [0.05, 0.1) is 7.11 Å². The molecule has 1 amide bonds. The third-order valence-corrected chi connectivity index (χ3v) is 4.90.